The summed E-state index contributed by atoms with van der Waals surface area (Å²) in [7, 11) is 4.72. The van der Waals surface area contributed by atoms with E-state index in [9.17, 15) is 0 Å². The van der Waals surface area contributed by atoms with Crippen LogP contribution in [0.4, 0.5) is 0 Å². The fourth-order valence-corrected chi connectivity index (χ4v) is 2.11. The Labute approximate surface area is 122 Å². The van der Waals surface area contributed by atoms with Gasteiger partial charge in [0.25, 0.3) is 0 Å². The summed E-state index contributed by atoms with van der Waals surface area (Å²) in [6.07, 6.45) is 8.23. The molecule has 0 atom stereocenters. The van der Waals surface area contributed by atoms with E-state index in [-0.39, 0.29) is 24.0 Å². The number of halogens is 2. The Kier molecular flexibility index (Phi) is 14.4. The Morgan fingerprint density at radius 2 is 1.40 bits per heavy atom. The Morgan fingerprint density at radius 3 is 1.87 bits per heavy atom. The monoisotopic (exact) mass is 391 g/mol. The zero-order valence-electron chi connectivity index (χ0n) is 10.6. The molecule has 0 aromatic rings. The molecule has 15 heavy (non-hydrogen) atoms. The highest BCUT2D eigenvalue weighted by Crippen LogP contribution is 2.07. The first-order valence-corrected chi connectivity index (χ1v) is 7.12. The van der Waals surface area contributed by atoms with Crippen molar-refractivity contribution in [1.29, 1.82) is 0 Å². The molecule has 0 heterocycles. The molecule has 0 radical (unpaired) electrons. The van der Waals surface area contributed by atoms with Crippen molar-refractivity contribution in [1.82, 2.24) is 0 Å². The van der Waals surface area contributed by atoms with E-state index in [1.807, 2.05) is 0 Å². The van der Waals surface area contributed by atoms with E-state index in [1.165, 1.54) is 56.1 Å². The Bertz CT molecular complexity index is 129. The van der Waals surface area contributed by atoms with Gasteiger partial charge in [-0.15, -0.1) is 0 Å². The molecular weight excluding hydrogens is 365 g/mol. The van der Waals surface area contributed by atoms with Gasteiger partial charge in [0.05, 0.1) is 27.2 Å². The van der Waals surface area contributed by atoms with Gasteiger partial charge in [-0.25, -0.2) is 0 Å². The summed E-state index contributed by atoms with van der Waals surface area (Å²) in [4.78, 5) is 0. The van der Waals surface area contributed by atoms with Crippen molar-refractivity contribution in [2.75, 3.05) is 32.5 Å². The molecule has 0 aromatic heterocycles. The average molecular weight is 392 g/mol. The van der Waals surface area contributed by atoms with Gasteiger partial charge in [0.15, 0.2) is 0 Å². The normalized spacial score (nSPS) is 11.2. The Morgan fingerprint density at radius 1 is 0.867 bits per heavy atom. The van der Waals surface area contributed by atoms with Crippen molar-refractivity contribution in [3.8, 4) is 0 Å². The minimum absolute atomic E-state index is 0. The predicted molar refractivity (Wildman–Crippen MR) is 69.0 cm³/mol. The molecule has 0 saturated carbocycles. The summed E-state index contributed by atoms with van der Waals surface area (Å²) in [6.45, 7) is 4.95. The molecule has 3 heteroatoms. The molecule has 0 saturated heterocycles. The van der Waals surface area contributed by atoms with Gasteiger partial charge < -0.3 is 28.5 Å². The SMILES string of the molecule is CCCCCC[N+](C)(C)CCCCBr.[I-]. The largest absolute Gasteiger partial charge is 1.00 e. The highest BCUT2D eigenvalue weighted by atomic mass is 127. The van der Waals surface area contributed by atoms with Crippen LogP contribution in [0.25, 0.3) is 0 Å². The maximum absolute atomic E-state index is 3.48. The molecule has 1 nitrogen and oxygen atoms in total. The first-order valence-electron chi connectivity index (χ1n) is 6.00. The van der Waals surface area contributed by atoms with Crippen LogP contribution in [-0.4, -0.2) is 37.0 Å². The number of unbranched alkanes of at least 4 members (excludes halogenated alkanes) is 4. The van der Waals surface area contributed by atoms with E-state index in [2.05, 4.69) is 36.9 Å². The first-order chi connectivity index (χ1) is 6.62. The van der Waals surface area contributed by atoms with Gasteiger partial charge in [0.2, 0.25) is 0 Å². The molecule has 0 aliphatic rings. The van der Waals surface area contributed by atoms with Gasteiger partial charge >= 0.3 is 0 Å². The molecule has 0 rings (SSSR count). The zero-order valence-corrected chi connectivity index (χ0v) is 14.3. The van der Waals surface area contributed by atoms with Crippen LogP contribution in [0.15, 0.2) is 0 Å². The fourth-order valence-electron chi connectivity index (χ4n) is 1.71. The third-order valence-corrected chi connectivity index (χ3v) is 3.32. The third-order valence-electron chi connectivity index (χ3n) is 2.76. The third kappa shape index (κ3) is 13.1. The zero-order chi connectivity index (χ0) is 10.9. The van der Waals surface area contributed by atoms with Crippen LogP contribution in [0.1, 0.15) is 45.4 Å². The summed E-state index contributed by atoms with van der Waals surface area (Å²) < 4.78 is 1.21. The van der Waals surface area contributed by atoms with Gasteiger partial charge in [-0.05, 0) is 25.7 Å². The van der Waals surface area contributed by atoms with Crippen molar-refractivity contribution in [3.63, 3.8) is 0 Å². The van der Waals surface area contributed by atoms with Crippen LogP contribution in [0.5, 0.6) is 0 Å². The van der Waals surface area contributed by atoms with Gasteiger partial charge in [0.1, 0.15) is 0 Å². The number of hydrogen-bond donors (Lipinski definition) is 0. The van der Waals surface area contributed by atoms with Crippen LogP contribution in [0.3, 0.4) is 0 Å². The van der Waals surface area contributed by atoms with Crippen LogP contribution in [0, 0.1) is 0 Å². The smallest absolute Gasteiger partial charge is 0.0782 e. The Hall–Kier alpha value is 1.17. The first kappa shape index (κ1) is 18.5. The molecule has 94 valence electrons. The minimum Gasteiger partial charge on any atom is -1.00 e. The number of rotatable bonds is 9. The van der Waals surface area contributed by atoms with Crippen molar-refractivity contribution >= 4 is 15.9 Å². The quantitative estimate of drug-likeness (QED) is 0.236. The minimum atomic E-state index is 0. The second-order valence-electron chi connectivity index (χ2n) is 4.84. The summed E-state index contributed by atoms with van der Waals surface area (Å²) in [5, 5.41) is 1.16. The van der Waals surface area contributed by atoms with Gasteiger partial charge in [-0.2, -0.15) is 0 Å². The van der Waals surface area contributed by atoms with E-state index < -0.39 is 0 Å². The molecule has 0 aliphatic heterocycles. The van der Waals surface area contributed by atoms with Crippen molar-refractivity contribution in [2.24, 2.45) is 0 Å². The predicted octanol–water partition coefficient (Wildman–Crippen LogP) is 0.822. The van der Waals surface area contributed by atoms with E-state index >= 15 is 0 Å². The van der Waals surface area contributed by atoms with Gasteiger partial charge in [-0.1, -0.05) is 35.7 Å². The standard InChI is InChI=1S/C12H27BrN.HI/c1-4-5-6-8-11-14(2,3)12-9-7-10-13;/h4-12H2,1-3H3;1H/q+1;/p-1. The number of quaternary nitrogens is 1. The number of nitrogens with zero attached hydrogens (tertiary/aromatic N) is 1. The molecule has 0 fully saturated rings. The lowest BCUT2D eigenvalue weighted by molar-refractivity contribution is -0.890. The van der Waals surface area contributed by atoms with E-state index in [4.69, 9.17) is 0 Å². The molecule has 0 bridgehead atoms. The van der Waals surface area contributed by atoms with Crippen molar-refractivity contribution < 1.29 is 28.5 Å². The molecule has 0 unspecified atom stereocenters. The molecule has 0 spiro atoms. The fraction of sp³-hybridized carbons (Fsp3) is 1.00. The van der Waals surface area contributed by atoms with Gasteiger partial charge in [0, 0.05) is 5.33 Å². The number of hydrogen-bond acceptors (Lipinski definition) is 0. The van der Waals surface area contributed by atoms with E-state index in [1.54, 1.807) is 0 Å². The summed E-state index contributed by atoms with van der Waals surface area (Å²) in [6, 6.07) is 0. The van der Waals surface area contributed by atoms with Crippen LogP contribution in [-0.2, 0) is 0 Å². The average Bonchev–Trinajstić information content (AvgIpc) is 2.13. The highest BCUT2D eigenvalue weighted by molar-refractivity contribution is 9.09. The van der Waals surface area contributed by atoms with E-state index in [0.29, 0.717) is 0 Å². The van der Waals surface area contributed by atoms with Crippen LogP contribution in [0.2, 0.25) is 0 Å². The Balaban J connectivity index is 0. The lowest BCUT2D eigenvalue weighted by Gasteiger charge is -2.29. The maximum atomic E-state index is 3.48. The van der Waals surface area contributed by atoms with Crippen LogP contribution < -0.4 is 24.0 Å². The maximum Gasteiger partial charge on any atom is 0.0782 e. The summed E-state index contributed by atoms with van der Waals surface area (Å²) in [5.41, 5.74) is 0. The molecule has 0 N–H and O–H groups in total. The molecule has 0 aromatic carbocycles. The highest BCUT2D eigenvalue weighted by Gasteiger charge is 2.12. The topological polar surface area (TPSA) is 0 Å². The van der Waals surface area contributed by atoms with Gasteiger partial charge in [-0.3, -0.25) is 0 Å². The van der Waals surface area contributed by atoms with Crippen LogP contribution >= 0.6 is 15.9 Å². The molecular formula is C12H27BrIN. The van der Waals surface area contributed by atoms with Crippen molar-refractivity contribution in [3.05, 3.63) is 0 Å². The summed E-state index contributed by atoms with van der Waals surface area (Å²) in [5.74, 6) is 0. The van der Waals surface area contributed by atoms with Crippen molar-refractivity contribution in [2.45, 2.75) is 45.4 Å². The lowest BCUT2D eigenvalue weighted by atomic mass is 10.2. The molecule has 0 aliphatic carbocycles. The second kappa shape index (κ2) is 11.6. The lowest BCUT2D eigenvalue weighted by Crippen LogP contribution is -3.00. The summed E-state index contributed by atoms with van der Waals surface area (Å²) >= 11 is 3.48. The number of alkyl halides is 1. The second-order valence-corrected chi connectivity index (χ2v) is 5.63. The molecule has 0 amide bonds. The van der Waals surface area contributed by atoms with E-state index in [0.717, 1.165) is 5.33 Å².